The number of hydrogen-bond acceptors (Lipinski definition) is 7. The Kier molecular flexibility index (Phi) is 6.36. The highest BCUT2D eigenvalue weighted by Gasteiger charge is 2.22. The van der Waals surface area contributed by atoms with Gasteiger partial charge in [0.25, 0.3) is 11.1 Å². The van der Waals surface area contributed by atoms with E-state index < -0.39 is 10.0 Å². The number of aromatic nitrogens is 5. The molecule has 0 unspecified atom stereocenters. The van der Waals surface area contributed by atoms with Crippen LogP contribution in [0.25, 0.3) is 0 Å². The molecule has 11 nitrogen and oxygen atoms in total. The number of hydroxylamine groups is 1. The first-order valence-corrected chi connectivity index (χ1v) is 9.11. The van der Waals surface area contributed by atoms with Crippen molar-refractivity contribution in [1.29, 1.82) is 0 Å². The van der Waals surface area contributed by atoms with Crippen molar-refractivity contribution in [1.82, 2.24) is 30.6 Å². The van der Waals surface area contributed by atoms with Crippen LogP contribution in [-0.4, -0.2) is 46.1 Å². The summed E-state index contributed by atoms with van der Waals surface area (Å²) in [6.45, 7) is 6.04. The van der Waals surface area contributed by atoms with Gasteiger partial charge in [-0.3, -0.25) is 0 Å². The van der Waals surface area contributed by atoms with Gasteiger partial charge < -0.3 is 0 Å². The van der Waals surface area contributed by atoms with E-state index in [1.165, 1.54) is 0 Å². The Morgan fingerprint density at radius 3 is 2.64 bits per heavy atom. The van der Waals surface area contributed by atoms with Gasteiger partial charge in [-0.05, 0) is 26.3 Å². The van der Waals surface area contributed by atoms with Gasteiger partial charge in [0.05, 0.1) is 6.61 Å². The second-order valence-electron chi connectivity index (χ2n) is 5.17. The Labute approximate surface area is 145 Å². The quantitative estimate of drug-likeness (QED) is 0.204. The van der Waals surface area contributed by atoms with E-state index in [9.17, 15) is 8.42 Å². The molecule has 0 aliphatic carbocycles. The maximum atomic E-state index is 12.3. The first-order chi connectivity index (χ1) is 11.9. The summed E-state index contributed by atoms with van der Waals surface area (Å²) < 4.78 is 26.8. The van der Waals surface area contributed by atoms with Crippen molar-refractivity contribution in [3.63, 3.8) is 0 Å². The molecule has 0 spiro atoms. The van der Waals surface area contributed by atoms with E-state index >= 15 is 0 Å². The summed E-state index contributed by atoms with van der Waals surface area (Å²) in [5, 5.41) is 8.25. The highest BCUT2D eigenvalue weighted by atomic mass is 32.2. The predicted molar refractivity (Wildman–Crippen MR) is 88.7 cm³/mol. The van der Waals surface area contributed by atoms with E-state index in [0.717, 1.165) is 30.6 Å². The van der Waals surface area contributed by atoms with Gasteiger partial charge in [0, 0.05) is 11.4 Å². The van der Waals surface area contributed by atoms with Gasteiger partial charge in [-0.1, -0.05) is 13.3 Å². The molecule has 0 saturated heterocycles. The number of aromatic amines is 1. The molecule has 0 aromatic carbocycles. The largest absolute Gasteiger partial charge is 0.394 e. The fourth-order valence-electron chi connectivity index (χ4n) is 1.81. The summed E-state index contributed by atoms with van der Waals surface area (Å²) in [6, 6.07) is 1.80. The van der Waals surface area contributed by atoms with Crippen molar-refractivity contribution < 1.29 is 17.7 Å². The maximum absolute atomic E-state index is 12.3. The highest BCUT2D eigenvalue weighted by Crippen LogP contribution is 2.02. The monoisotopic (exact) mass is 369 g/mol. The van der Waals surface area contributed by atoms with Gasteiger partial charge in [-0.15, -0.1) is 5.48 Å². The molecular weight excluding hydrogens is 348 g/mol. The van der Waals surface area contributed by atoms with Crippen LogP contribution in [-0.2, 0) is 14.9 Å². The summed E-state index contributed by atoms with van der Waals surface area (Å²) in [5.74, 6) is 0.164. The maximum Gasteiger partial charge on any atom is 0.394 e. The van der Waals surface area contributed by atoms with Gasteiger partial charge >= 0.3 is 16.0 Å². The van der Waals surface area contributed by atoms with Gasteiger partial charge in [0.2, 0.25) is 0 Å². The lowest BCUT2D eigenvalue weighted by Crippen LogP contribution is -2.81. The molecule has 0 aliphatic heterocycles. The number of H-pyrrole nitrogens is 1. The fraction of sp³-hybridized carbons (Fsp3) is 0.462. The predicted octanol–water partition coefficient (Wildman–Crippen LogP) is -1.23. The Hall–Kier alpha value is -2.60. The lowest BCUT2D eigenvalue weighted by Gasteiger charge is -2.05. The zero-order valence-electron chi connectivity index (χ0n) is 14.2. The number of nitrogens with one attached hydrogen (secondary N) is 4. The Bertz CT molecular complexity index is 800. The average Bonchev–Trinajstić information content (AvgIpc) is 3.05. The van der Waals surface area contributed by atoms with Crippen molar-refractivity contribution >= 4 is 21.9 Å². The van der Waals surface area contributed by atoms with Gasteiger partial charge in [-0.2, -0.15) is 17.9 Å². The van der Waals surface area contributed by atoms with E-state index in [0.29, 0.717) is 6.61 Å². The standard InChI is InChI=1S/C13H20N8O3S/c1-4-5-6-24-20-12(18-11-16-9(2)7-10(3)17-11)21-25(22,23)13-14-8-15-19-13/h7-8H,4-6H2,1-3H3,(H,14,15,19)(H2,16,17,18,20,21)/p+1. The molecule has 136 valence electrons. The normalized spacial score (nSPS) is 12.2. The van der Waals surface area contributed by atoms with Crippen molar-refractivity contribution in [2.24, 2.45) is 0 Å². The van der Waals surface area contributed by atoms with E-state index in [1.807, 2.05) is 20.8 Å². The second-order valence-corrected chi connectivity index (χ2v) is 6.77. The molecule has 2 aromatic rings. The van der Waals surface area contributed by atoms with Crippen molar-refractivity contribution in [3.05, 3.63) is 23.8 Å². The first kappa shape index (κ1) is 18.7. The number of anilines is 1. The second kappa shape index (κ2) is 8.48. The topological polar surface area (TPSA) is 149 Å². The number of nitrogens with zero attached hydrogens (tertiary/aromatic N) is 4. The van der Waals surface area contributed by atoms with Crippen LogP contribution in [0.2, 0.25) is 0 Å². The lowest BCUT2D eigenvalue weighted by molar-refractivity contribution is -0.276. The van der Waals surface area contributed by atoms with E-state index in [2.05, 4.69) is 40.3 Å². The number of sulfonamides is 1. The van der Waals surface area contributed by atoms with Crippen LogP contribution in [0, 0.1) is 13.8 Å². The van der Waals surface area contributed by atoms with Crippen LogP contribution in [0.3, 0.4) is 0 Å². The van der Waals surface area contributed by atoms with Crippen LogP contribution >= 0.6 is 0 Å². The van der Waals surface area contributed by atoms with Crippen molar-refractivity contribution in [2.75, 3.05) is 11.9 Å². The van der Waals surface area contributed by atoms with Gasteiger partial charge in [-0.25, -0.2) is 30.2 Å². The molecule has 25 heavy (non-hydrogen) atoms. The molecule has 2 heterocycles. The highest BCUT2D eigenvalue weighted by molar-refractivity contribution is 7.84. The molecule has 2 rings (SSSR count). The smallest absolute Gasteiger partial charge is 0.247 e. The van der Waals surface area contributed by atoms with Crippen molar-refractivity contribution in [3.8, 4) is 0 Å². The lowest BCUT2D eigenvalue weighted by atomic mass is 10.4. The zero-order valence-corrected chi connectivity index (χ0v) is 15.0. The van der Waals surface area contributed by atoms with Gasteiger partial charge in [0.1, 0.15) is 6.33 Å². The number of hydrogen-bond donors (Lipinski definition) is 4. The zero-order chi connectivity index (χ0) is 18.3. The van der Waals surface area contributed by atoms with Crippen LogP contribution in [0.5, 0.6) is 0 Å². The third-order valence-electron chi connectivity index (χ3n) is 2.88. The van der Waals surface area contributed by atoms with E-state index in [-0.39, 0.29) is 17.1 Å². The molecule has 0 fully saturated rings. The Morgan fingerprint density at radius 1 is 1.32 bits per heavy atom. The summed E-state index contributed by atoms with van der Waals surface area (Å²) in [7, 11) is -3.98. The molecular formula is C13H21N8O3S+. The van der Waals surface area contributed by atoms with Crippen LogP contribution in [0.1, 0.15) is 31.2 Å². The summed E-state index contributed by atoms with van der Waals surface area (Å²) >= 11 is 0. The Morgan fingerprint density at radius 2 is 2.04 bits per heavy atom. The number of aryl methyl sites for hydroxylation is 2. The van der Waals surface area contributed by atoms with Crippen molar-refractivity contribution in [2.45, 2.75) is 38.8 Å². The molecule has 0 saturated carbocycles. The molecule has 0 atom stereocenters. The minimum absolute atomic E-state index is 0.0579. The third-order valence-corrected chi connectivity index (χ3v) is 4.06. The molecule has 12 heteroatoms. The van der Waals surface area contributed by atoms with E-state index in [1.54, 1.807) is 6.07 Å². The van der Waals surface area contributed by atoms with Crippen LogP contribution in [0.4, 0.5) is 5.95 Å². The van der Waals surface area contributed by atoms with Crippen LogP contribution in [0.15, 0.2) is 17.6 Å². The summed E-state index contributed by atoms with van der Waals surface area (Å²) in [4.78, 5) is 17.3. The van der Waals surface area contributed by atoms with Gasteiger partial charge in [0.15, 0.2) is 0 Å². The molecule has 0 aliphatic rings. The number of unbranched alkanes of at least 4 members (excludes halogenated alkanes) is 1. The summed E-state index contributed by atoms with van der Waals surface area (Å²) in [5.41, 5.74) is 4.00. The fourth-order valence-corrected chi connectivity index (χ4v) is 2.63. The molecule has 0 bridgehead atoms. The molecule has 0 amide bonds. The first-order valence-electron chi connectivity index (χ1n) is 7.63. The number of rotatable bonds is 7. The SMILES string of the molecule is CCCCONC(Nc1nc(C)cc(C)n1)=[NH+]S(=O)(=O)c1ncn[nH]1. The average molecular weight is 369 g/mol. The number of guanidine groups is 1. The minimum atomic E-state index is -3.98. The molecule has 2 aromatic heterocycles. The third kappa shape index (κ3) is 5.76. The molecule has 4 N–H and O–H groups in total. The molecule has 0 radical (unpaired) electrons. The Balaban J connectivity index is 2.24. The van der Waals surface area contributed by atoms with Crippen LogP contribution < -0.4 is 15.2 Å². The summed E-state index contributed by atoms with van der Waals surface area (Å²) in [6.07, 6.45) is 2.85. The van der Waals surface area contributed by atoms with E-state index in [4.69, 9.17) is 4.84 Å². The minimum Gasteiger partial charge on any atom is -0.247 e.